The van der Waals surface area contributed by atoms with Crippen LogP contribution in [0.2, 0.25) is 0 Å². The molecule has 0 saturated carbocycles. The molecule has 0 radical (unpaired) electrons. The first kappa shape index (κ1) is 21.4. The molecule has 0 unspecified atom stereocenters. The third kappa shape index (κ3) is 5.86. The number of halogens is 6. The highest BCUT2D eigenvalue weighted by Gasteiger charge is 2.30. The molecule has 0 aromatic heterocycles. The third-order valence-electron chi connectivity index (χ3n) is 4.30. The van der Waals surface area contributed by atoms with Crippen molar-refractivity contribution in [1.29, 1.82) is 0 Å². The minimum Gasteiger partial charge on any atom is -0.166 e. The van der Waals surface area contributed by atoms with Crippen LogP contribution in [0.25, 0.3) is 24.3 Å². The standard InChI is InChI=1S/C24H16F6/c25-23(26,27)21-5-1-3-19(15-21)13-11-17-7-9-18(10-8-17)12-14-20-4-2-6-22(16-20)24(28,29)30/h1-16H/b13-11+,14-12+. The Morgan fingerprint density at radius 1 is 0.433 bits per heavy atom. The Bertz CT molecular complexity index is 968. The van der Waals surface area contributed by atoms with Gasteiger partial charge in [0.2, 0.25) is 0 Å². The van der Waals surface area contributed by atoms with Crippen LogP contribution in [0.4, 0.5) is 26.3 Å². The molecular formula is C24H16F6. The molecule has 0 fully saturated rings. The molecule has 0 aliphatic carbocycles. The molecule has 3 aromatic carbocycles. The second kappa shape index (κ2) is 8.61. The first-order valence-electron chi connectivity index (χ1n) is 8.92. The maximum Gasteiger partial charge on any atom is 0.416 e. The summed E-state index contributed by atoms with van der Waals surface area (Å²) in [4.78, 5) is 0. The number of rotatable bonds is 4. The molecule has 0 N–H and O–H groups in total. The fraction of sp³-hybridized carbons (Fsp3) is 0.0833. The van der Waals surface area contributed by atoms with Gasteiger partial charge in [-0.1, -0.05) is 72.8 Å². The molecule has 0 atom stereocenters. The van der Waals surface area contributed by atoms with E-state index in [0.29, 0.717) is 11.1 Å². The summed E-state index contributed by atoms with van der Waals surface area (Å²) in [6.07, 6.45) is -2.23. The van der Waals surface area contributed by atoms with E-state index >= 15 is 0 Å². The van der Waals surface area contributed by atoms with Crippen molar-refractivity contribution in [1.82, 2.24) is 0 Å². The van der Waals surface area contributed by atoms with E-state index in [1.165, 1.54) is 12.1 Å². The quantitative estimate of drug-likeness (QED) is 0.297. The highest BCUT2D eigenvalue weighted by atomic mass is 19.4. The highest BCUT2D eigenvalue weighted by Crippen LogP contribution is 2.31. The van der Waals surface area contributed by atoms with E-state index in [1.807, 2.05) is 0 Å². The number of hydrogen-bond acceptors (Lipinski definition) is 0. The summed E-state index contributed by atoms with van der Waals surface area (Å²) in [6.45, 7) is 0. The molecule has 0 spiro atoms. The van der Waals surface area contributed by atoms with E-state index in [4.69, 9.17) is 0 Å². The molecule has 0 aliphatic rings. The molecule has 154 valence electrons. The van der Waals surface area contributed by atoms with Crippen molar-refractivity contribution >= 4 is 24.3 Å². The molecule has 0 heterocycles. The van der Waals surface area contributed by atoms with E-state index in [0.717, 1.165) is 35.4 Å². The molecule has 3 aromatic rings. The van der Waals surface area contributed by atoms with E-state index in [2.05, 4.69) is 0 Å². The van der Waals surface area contributed by atoms with Crippen molar-refractivity contribution in [3.8, 4) is 0 Å². The average molecular weight is 418 g/mol. The predicted octanol–water partition coefficient (Wildman–Crippen LogP) is 8.07. The maximum atomic E-state index is 12.8. The lowest BCUT2D eigenvalue weighted by Gasteiger charge is -2.06. The summed E-state index contributed by atoms with van der Waals surface area (Å²) in [7, 11) is 0. The van der Waals surface area contributed by atoms with Gasteiger partial charge in [-0.25, -0.2) is 0 Å². The normalized spacial score (nSPS) is 12.7. The number of alkyl halides is 6. The SMILES string of the molecule is FC(F)(F)c1cccc(/C=C/c2ccc(/C=C/c3cccc(C(F)(F)F)c3)cc2)c1. The summed E-state index contributed by atoms with van der Waals surface area (Å²) >= 11 is 0. The van der Waals surface area contributed by atoms with Gasteiger partial charge in [-0.3, -0.25) is 0 Å². The van der Waals surface area contributed by atoms with Gasteiger partial charge in [-0.2, -0.15) is 26.3 Å². The highest BCUT2D eigenvalue weighted by molar-refractivity contribution is 5.73. The van der Waals surface area contributed by atoms with E-state index < -0.39 is 23.5 Å². The molecule has 0 aliphatic heterocycles. The Hall–Kier alpha value is -3.28. The van der Waals surface area contributed by atoms with Gasteiger partial charge in [-0.05, 0) is 46.5 Å². The first-order chi connectivity index (χ1) is 14.1. The van der Waals surface area contributed by atoms with Crippen molar-refractivity contribution in [2.45, 2.75) is 12.4 Å². The molecular weight excluding hydrogens is 402 g/mol. The molecule has 3 rings (SSSR count). The lowest BCUT2D eigenvalue weighted by atomic mass is 10.1. The van der Waals surface area contributed by atoms with Gasteiger partial charge in [0.1, 0.15) is 0 Å². The Labute approximate surface area is 169 Å². The van der Waals surface area contributed by atoms with E-state index in [9.17, 15) is 26.3 Å². The summed E-state index contributed by atoms with van der Waals surface area (Å²) in [6, 6.07) is 17.1. The summed E-state index contributed by atoms with van der Waals surface area (Å²) in [5, 5.41) is 0. The Morgan fingerprint density at radius 2 is 0.767 bits per heavy atom. The van der Waals surface area contributed by atoms with Crippen molar-refractivity contribution in [2.24, 2.45) is 0 Å². The van der Waals surface area contributed by atoms with Crippen LogP contribution in [-0.4, -0.2) is 0 Å². The van der Waals surface area contributed by atoms with E-state index in [1.54, 1.807) is 60.7 Å². The van der Waals surface area contributed by atoms with Gasteiger partial charge in [0.15, 0.2) is 0 Å². The lowest BCUT2D eigenvalue weighted by Crippen LogP contribution is -2.04. The van der Waals surface area contributed by atoms with Crippen LogP contribution >= 0.6 is 0 Å². The second-order valence-electron chi connectivity index (χ2n) is 6.58. The van der Waals surface area contributed by atoms with Crippen LogP contribution in [0, 0.1) is 0 Å². The van der Waals surface area contributed by atoms with Crippen LogP contribution in [-0.2, 0) is 12.4 Å². The molecule has 0 nitrogen and oxygen atoms in total. The maximum absolute atomic E-state index is 12.8. The van der Waals surface area contributed by atoms with Crippen LogP contribution in [0.3, 0.4) is 0 Å². The lowest BCUT2D eigenvalue weighted by molar-refractivity contribution is -0.138. The smallest absolute Gasteiger partial charge is 0.166 e. The third-order valence-corrected chi connectivity index (χ3v) is 4.30. The van der Waals surface area contributed by atoms with Crippen LogP contribution in [0.5, 0.6) is 0 Å². The van der Waals surface area contributed by atoms with Gasteiger partial charge in [-0.15, -0.1) is 0 Å². The fourth-order valence-electron chi connectivity index (χ4n) is 2.74. The Kier molecular flexibility index (Phi) is 6.15. The van der Waals surface area contributed by atoms with Gasteiger partial charge in [0.25, 0.3) is 0 Å². The zero-order valence-corrected chi connectivity index (χ0v) is 15.5. The minimum atomic E-state index is -4.39. The summed E-state index contributed by atoms with van der Waals surface area (Å²) < 4.78 is 76.6. The van der Waals surface area contributed by atoms with Crippen LogP contribution < -0.4 is 0 Å². The molecule has 0 bridgehead atoms. The first-order valence-corrected chi connectivity index (χ1v) is 8.92. The van der Waals surface area contributed by atoms with Crippen LogP contribution in [0.1, 0.15) is 33.4 Å². The summed E-state index contributed by atoms with van der Waals surface area (Å²) in [5.74, 6) is 0. The monoisotopic (exact) mass is 418 g/mol. The van der Waals surface area contributed by atoms with Gasteiger partial charge >= 0.3 is 12.4 Å². The van der Waals surface area contributed by atoms with Crippen molar-refractivity contribution in [3.63, 3.8) is 0 Å². The number of benzene rings is 3. The van der Waals surface area contributed by atoms with Gasteiger partial charge in [0.05, 0.1) is 11.1 Å². The zero-order chi connectivity index (χ0) is 21.8. The fourth-order valence-corrected chi connectivity index (χ4v) is 2.74. The largest absolute Gasteiger partial charge is 0.416 e. The molecule has 30 heavy (non-hydrogen) atoms. The zero-order valence-electron chi connectivity index (χ0n) is 15.5. The average Bonchev–Trinajstić information content (AvgIpc) is 2.71. The predicted molar refractivity (Wildman–Crippen MR) is 107 cm³/mol. The molecule has 6 heteroatoms. The van der Waals surface area contributed by atoms with E-state index in [-0.39, 0.29) is 0 Å². The molecule has 0 saturated heterocycles. The molecule has 0 amide bonds. The van der Waals surface area contributed by atoms with Gasteiger partial charge in [0, 0.05) is 0 Å². The van der Waals surface area contributed by atoms with Crippen LogP contribution in [0.15, 0.2) is 72.8 Å². The van der Waals surface area contributed by atoms with Gasteiger partial charge < -0.3 is 0 Å². The Balaban J connectivity index is 1.70. The minimum absolute atomic E-state index is 0.429. The second-order valence-corrected chi connectivity index (χ2v) is 6.58. The topological polar surface area (TPSA) is 0 Å². The van der Waals surface area contributed by atoms with Crippen molar-refractivity contribution in [3.05, 3.63) is 106 Å². The Morgan fingerprint density at radius 3 is 1.10 bits per heavy atom. The van der Waals surface area contributed by atoms with Crippen molar-refractivity contribution < 1.29 is 26.3 Å². The number of hydrogen-bond donors (Lipinski definition) is 0. The summed E-state index contributed by atoms with van der Waals surface area (Å²) in [5.41, 5.74) is 1.00. The van der Waals surface area contributed by atoms with Crippen molar-refractivity contribution in [2.75, 3.05) is 0 Å².